The van der Waals surface area contributed by atoms with Crippen LogP contribution in [0.4, 0.5) is 0 Å². The number of hydrogen-bond acceptors (Lipinski definition) is 5. The molecule has 6 heteroatoms. The van der Waals surface area contributed by atoms with E-state index in [0.717, 1.165) is 0 Å². The molecular formula is C11H13NO5. The minimum absolute atomic E-state index is 0.0581. The number of carbonyl (C=O) groups is 3. The molecule has 0 fully saturated rings. The summed E-state index contributed by atoms with van der Waals surface area (Å²) in [5.74, 6) is -1.80. The smallest absolute Gasteiger partial charge is 0.308 e. The fraction of sp³-hybridized carbons (Fsp3) is 0.364. The maximum Gasteiger partial charge on any atom is 0.308 e. The number of amides is 1. The Morgan fingerprint density at radius 1 is 1.18 bits per heavy atom. The summed E-state index contributed by atoms with van der Waals surface area (Å²) in [6.07, 6.45) is 2.41. The number of primary amides is 1. The highest BCUT2D eigenvalue weighted by Crippen LogP contribution is 2.27. The molecule has 2 N–H and O–H groups in total. The van der Waals surface area contributed by atoms with E-state index in [0.29, 0.717) is 12.8 Å². The summed E-state index contributed by atoms with van der Waals surface area (Å²) < 4.78 is 9.77. The zero-order valence-electron chi connectivity index (χ0n) is 9.61. The van der Waals surface area contributed by atoms with Crippen molar-refractivity contribution in [1.29, 1.82) is 0 Å². The molecule has 0 unspecified atom stereocenters. The third-order valence-electron chi connectivity index (χ3n) is 2.00. The fourth-order valence-corrected chi connectivity index (χ4v) is 1.44. The van der Waals surface area contributed by atoms with Gasteiger partial charge < -0.3 is 15.2 Å². The van der Waals surface area contributed by atoms with Crippen molar-refractivity contribution < 1.29 is 23.9 Å². The molecule has 6 nitrogen and oxygen atoms in total. The molecule has 0 atom stereocenters. The van der Waals surface area contributed by atoms with Crippen molar-refractivity contribution in [2.24, 2.45) is 5.73 Å². The van der Waals surface area contributed by atoms with Gasteiger partial charge in [0, 0.05) is 20.3 Å². The summed E-state index contributed by atoms with van der Waals surface area (Å²) >= 11 is 0. The predicted molar refractivity (Wildman–Crippen MR) is 57.1 cm³/mol. The Kier molecular flexibility index (Phi) is 4.03. The summed E-state index contributed by atoms with van der Waals surface area (Å²) in [6, 6.07) is 0. The van der Waals surface area contributed by atoms with Gasteiger partial charge in [-0.25, -0.2) is 0 Å². The van der Waals surface area contributed by atoms with Crippen LogP contribution in [0.2, 0.25) is 0 Å². The molecule has 0 aromatic rings. The van der Waals surface area contributed by atoms with Gasteiger partial charge in [-0.1, -0.05) is 6.08 Å². The van der Waals surface area contributed by atoms with Gasteiger partial charge in [0.15, 0.2) is 11.5 Å². The van der Waals surface area contributed by atoms with E-state index in [1.54, 1.807) is 6.08 Å². The van der Waals surface area contributed by atoms with Crippen molar-refractivity contribution in [3.8, 4) is 0 Å². The van der Waals surface area contributed by atoms with Gasteiger partial charge in [0.2, 0.25) is 0 Å². The molecule has 0 aliphatic heterocycles. The third-order valence-corrected chi connectivity index (χ3v) is 2.00. The highest BCUT2D eigenvalue weighted by molar-refractivity contribution is 5.97. The molecule has 0 heterocycles. The first-order valence-electron chi connectivity index (χ1n) is 5.02. The molecule has 17 heavy (non-hydrogen) atoms. The van der Waals surface area contributed by atoms with E-state index in [-0.39, 0.29) is 17.1 Å². The van der Waals surface area contributed by atoms with E-state index in [9.17, 15) is 14.4 Å². The van der Waals surface area contributed by atoms with Gasteiger partial charge in [-0.2, -0.15) is 0 Å². The number of carbonyl (C=O) groups excluding carboxylic acids is 3. The molecule has 1 amide bonds. The first-order chi connectivity index (χ1) is 7.91. The molecule has 1 aliphatic carbocycles. The average Bonchev–Trinajstić information content (AvgIpc) is 2.18. The molecular weight excluding hydrogens is 226 g/mol. The van der Waals surface area contributed by atoms with Crippen molar-refractivity contribution in [1.82, 2.24) is 0 Å². The quantitative estimate of drug-likeness (QED) is 0.725. The maximum absolute atomic E-state index is 11.2. The average molecular weight is 239 g/mol. The Labute approximate surface area is 98.1 Å². The summed E-state index contributed by atoms with van der Waals surface area (Å²) in [7, 11) is 0. The van der Waals surface area contributed by atoms with Gasteiger partial charge in [0.25, 0.3) is 5.91 Å². The number of hydrogen-bond donors (Lipinski definition) is 1. The molecule has 92 valence electrons. The number of ether oxygens (including phenoxy) is 2. The normalized spacial score (nSPS) is 15.1. The summed E-state index contributed by atoms with van der Waals surface area (Å²) in [5.41, 5.74) is 5.21. The topological polar surface area (TPSA) is 95.7 Å². The van der Waals surface area contributed by atoms with Crippen molar-refractivity contribution in [2.45, 2.75) is 26.7 Å². The van der Waals surface area contributed by atoms with Gasteiger partial charge in [0.05, 0.1) is 5.57 Å². The molecule has 0 radical (unpaired) electrons. The van der Waals surface area contributed by atoms with Crippen LogP contribution in [0.25, 0.3) is 0 Å². The van der Waals surface area contributed by atoms with Crippen LogP contribution in [-0.4, -0.2) is 17.8 Å². The lowest BCUT2D eigenvalue weighted by Crippen LogP contribution is -2.22. The Morgan fingerprint density at radius 3 is 2.24 bits per heavy atom. The van der Waals surface area contributed by atoms with E-state index < -0.39 is 17.8 Å². The maximum atomic E-state index is 11.2. The molecule has 1 rings (SSSR count). The number of esters is 2. The minimum Gasteiger partial charge on any atom is -0.427 e. The number of rotatable bonds is 3. The van der Waals surface area contributed by atoms with Crippen LogP contribution >= 0.6 is 0 Å². The van der Waals surface area contributed by atoms with Crippen LogP contribution in [0.1, 0.15) is 26.7 Å². The molecule has 1 aliphatic rings. The summed E-state index contributed by atoms with van der Waals surface area (Å²) in [6.45, 7) is 2.41. The van der Waals surface area contributed by atoms with Crippen LogP contribution in [0, 0.1) is 0 Å². The molecule has 0 saturated carbocycles. The van der Waals surface area contributed by atoms with E-state index in [1.807, 2.05) is 0 Å². The van der Waals surface area contributed by atoms with E-state index >= 15 is 0 Å². The largest absolute Gasteiger partial charge is 0.427 e. The van der Waals surface area contributed by atoms with Crippen LogP contribution in [0.5, 0.6) is 0 Å². The van der Waals surface area contributed by atoms with Gasteiger partial charge in [0.1, 0.15) is 0 Å². The van der Waals surface area contributed by atoms with Crippen molar-refractivity contribution in [2.75, 3.05) is 0 Å². The summed E-state index contributed by atoms with van der Waals surface area (Å²) in [4.78, 5) is 33.0. The van der Waals surface area contributed by atoms with Crippen LogP contribution < -0.4 is 5.73 Å². The van der Waals surface area contributed by atoms with E-state index in [4.69, 9.17) is 15.2 Å². The summed E-state index contributed by atoms with van der Waals surface area (Å²) in [5, 5.41) is 0. The van der Waals surface area contributed by atoms with Crippen molar-refractivity contribution in [3.63, 3.8) is 0 Å². The van der Waals surface area contributed by atoms with Crippen LogP contribution in [0.15, 0.2) is 23.2 Å². The molecule has 0 saturated heterocycles. The Morgan fingerprint density at radius 2 is 1.76 bits per heavy atom. The SMILES string of the molecule is CC(=O)OC1=C(OC(C)=O)C(C(N)=O)=CCC1. The van der Waals surface area contributed by atoms with Crippen molar-refractivity contribution in [3.05, 3.63) is 23.2 Å². The first kappa shape index (κ1) is 13.0. The Hall–Kier alpha value is -2.11. The monoisotopic (exact) mass is 239 g/mol. The number of allylic oxidation sites excluding steroid dienone is 2. The Bertz CT molecular complexity index is 433. The van der Waals surface area contributed by atoms with Gasteiger partial charge in [-0.05, 0) is 6.42 Å². The second-order valence-electron chi connectivity index (χ2n) is 3.46. The lowest BCUT2D eigenvalue weighted by atomic mass is 10.0. The molecule has 0 bridgehead atoms. The standard InChI is InChI=1S/C11H13NO5/c1-6(13)16-9-5-3-4-8(11(12)15)10(9)17-7(2)14/h4H,3,5H2,1-2H3,(H2,12,15). The first-order valence-corrected chi connectivity index (χ1v) is 5.02. The second-order valence-corrected chi connectivity index (χ2v) is 3.46. The van der Waals surface area contributed by atoms with Gasteiger partial charge in [-0.15, -0.1) is 0 Å². The van der Waals surface area contributed by atoms with Gasteiger partial charge in [-0.3, -0.25) is 14.4 Å². The number of nitrogens with two attached hydrogens (primary N) is 1. The van der Waals surface area contributed by atoms with Crippen LogP contribution in [0.3, 0.4) is 0 Å². The highest BCUT2D eigenvalue weighted by Gasteiger charge is 2.25. The van der Waals surface area contributed by atoms with Crippen molar-refractivity contribution >= 4 is 17.8 Å². The molecule has 0 spiro atoms. The van der Waals surface area contributed by atoms with Crippen LogP contribution in [-0.2, 0) is 23.9 Å². The zero-order valence-corrected chi connectivity index (χ0v) is 9.61. The van der Waals surface area contributed by atoms with E-state index in [1.165, 1.54) is 13.8 Å². The van der Waals surface area contributed by atoms with Gasteiger partial charge >= 0.3 is 11.9 Å². The fourth-order valence-electron chi connectivity index (χ4n) is 1.44. The highest BCUT2D eigenvalue weighted by atomic mass is 16.6. The predicted octanol–water partition coefficient (Wildman–Crippen LogP) is 0.530. The zero-order chi connectivity index (χ0) is 13.0. The second kappa shape index (κ2) is 5.29. The van der Waals surface area contributed by atoms with E-state index in [2.05, 4.69) is 0 Å². The molecule has 0 aromatic carbocycles. The lowest BCUT2D eigenvalue weighted by Gasteiger charge is -2.18. The lowest BCUT2D eigenvalue weighted by molar-refractivity contribution is -0.141. The molecule has 0 aromatic heterocycles. The third kappa shape index (κ3) is 3.44. The minimum atomic E-state index is -0.731. The Balaban J connectivity index is 3.12.